The SMILES string of the molecule is CC(C)(C)C1CCC(NCCc2ncno2)CC1. The van der Waals surface area contributed by atoms with E-state index in [1.165, 1.54) is 32.0 Å². The molecule has 1 saturated carbocycles. The Kier molecular flexibility index (Phi) is 4.38. The fourth-order valence-electron chi connectivity index (χ4n) is 2.85. The first-order valence-corrected chi connectivity index (χ1v) is 7.04. The van der Waals surface area contributed by atoms with Crippen molar-refractivity contribution in [2.75, 3.05) is 6.54 Å². The van der Waals surface area contributed by atoms with E-state index in [1.807, 2.05) is 0 Å². The first kappa shape index (κ1) is 13.5. The van der Waals surface area contributed by atoms with Crippen molar-refractivity contribution in [2.45, 2.75) is 58.9 Å². The van der Waals surface area contributed by atoms with Gasteiger partial charge in [-0.1, -0.05) is 25.9 Å². The van der Waals surface area contributed by atoms with Crippen LogP contribution in [0.2, 0.25) is 0 Å². The normalized spacial score (nSPS) is 25.3. The van der Waals surface area contributed by atoms with Gasteiger partial charge in [0.25, 0.3) is 0 Å². The lowest BCUT2D eigenvalue weighted by atomic mass is 9.71. The molecular weight excluding hydrogens is 226 g/mol. The highest BCUT2D eigenvalue weighted by atomic mass is 16.5. The van der Waals surface area contributed by atoms with Crippen molar-refractivity contribution in [1.82, 2.24) is 15.5 Å². The molecule has 2 rings (SSSR count). The molecule has 0 aliphatic heterocycles. The first-order valence-electron chi connectivity index (χ1n) is 7.04. The number of hydrogen-bond acceptors (Lipinski definition) is 4. The standard InChI is InChI=1S/C14H25N3O/c1-14(2,3)11-4-6-12(7-5-11)15-9-8-13-16-10-17-18-13/h10-12,15H,4-9H2,1-3H3. The summed E-state index contributed by atoms with van der Waals surface area (Å²) in [6.07, 6.45) is 7.59. The molecule has 1 N–H and O–H groups in total. The van der Waals surface area contributed by atoms with Gasteiger partial charge in [0.1, 0.15) is 0 Å². The summed E-state index contributed by atoms with van der Waals surface area (Å²) in [5.74, 6) is 1.61. The van der Waals surface area contributed by atoms with Gasteiger partial charge in [0.2, 0.25) is 5.89 Å². The third-order valence-corrected chi connectivity index (χ3v) is 4.13. The minimum atomic E-state index is 0.467. The molecule has 0 unspecified atom stereocenters. The van der Waals surface area contributed by atoms with Crippen molar-refractivity contribution >= 4 is 0 Å². The Hall–Kier alpha value is -0.900. The van der Waals surface area contributed by atoms with Crippen molar-refractivity contribution in [2.24, 2.45) is 11.3 Å². The summed E-state index contributed by atoms with van der Waals surface area (Å²) in [6, 6.07) is 0.673. The Morgan fingerprint density at radius 2 is 2.00 bits per heavy atom. The maximum atomic E-state index is 4.98. The zero-order valence-electron chi connectivity index (χ0n) is 11.8. The van der Waals surface area contributed by atoms with Crippen molar-refractivity contribution in [3.63, 3.8) is 0 Å². The Labute approximate surface area is 110 Å². The molecule has 1 aliphatic rings. The van der Waals surface area contributed by atoms with E-state index in [-0.39, 0.29) is 0 Å². The molecule has 1 aromatic rings. The highest BCUT2D eigenvalue weighted by Crippen LogP contribution is 2.37. The van der Waals surface area contributed by atoms with Crippen LogP contribution in [0.3, 0.4) is 0 Å². The molecule has 1 aliphatic carbocycles. The van der Waals surface area contributed by atoms with Crippen LogP contribution < -0.4 is 5.32 Å². The maximum absolute atomic E-state index is 4.98. The van der Waals surface area contributed by atoms with Crippen molar-refractivity contribution in [1.29, 1.82) is 0 Å². The van der Waals surface area contributed by atoms with Gasteiger partial charge in [-0.25, -0.2) is 0 Å². The van der Waals surface area contributed by atoms with Gasteiger partial charge in [-0.3, -0.25) is 0 Å². The lowest BCUT2D eigenvalue weighted by Gasteiger charge is -2.37. The summed E-state index contributed by atoms with van der Waals surface area (Å²) in [4.78, 5) is 4.03. The van der Waals surface area contributed by atoms with Gasteiger partial charge in [0.05, 0.1) is 0 Å². The smallest absolute Gasteiger partial charge is 0.227 e. The number of nitrogens with zero attached hydrogens (tertiary/aromatic N) is 2. The molecule has 1 heterocycles. The average molecular weight is 251 g/mol. The van der Waals surface area contributed by atoms with Gasteiger partial charge < -0.3 is 9.84 Å². The van der Waals surface area contributed by atoms with E-state index in [2.05, 4.69) is 36.2 Å². The van der Waals surface area contributed by atoms with Gasteiger partial charge in [0, 0.05) is 19.0 Å². The summed E-state index contributed by atoms with van der Waals surface area (Å²) in [5, 5.41) is 7.21. The number of rotatable bonds is 4. The highest BCUT2D eigenvalue weighted by Gasteiger charge is 2.29. The Balaban J connectivity index is 1.65. The predicted molar refractivity (Wildman–Crippen MR) is 71.2 cm³/mol. The highest BCUT2D eigenvalue weighted by molar-refractivity contribution is 4.84. The van der Waals surface area contributed by atoms with Gasteiger partial charge in [-0.2, -0.15) is 4.98 Å². The zero-order valence-corrected chi connectivity index (χ0v) is 11.8. The molecule has 4 heteroatoms. The molecule has 0 amide bonds. The van der Waals surface area contributed by atoms with Crippen LogP contribution in [-0.4, -0.2) is 22.7 Å². The lowest BCUT2D eigenvalue weighted by Crippen LogP contribution is -2.37. The Bertz CT molecular complexity index is 334. The number of nitrogens with one attached hydrogen (secondary N) is 1. The molecule has 1 aromatic heterocycles. The van der Waals surface area contributed by atoms with Gasteiger partial charge in [-0.05, 0) is 37.0 Å². The van der Waals surface area contributed by atoms with Crippen molar-refractivity contribution in [3.05, 3.63) is 12.2 Å². The van der Waals surface area contributed by atoms with Gasteiger partial charge in [0.15, 0.2) is 6.33 Å². The van der Waals surface area contributed by atoms with Crippen LogP contribution in [0, 0.1) is 11.3 Å². The summed E-state index contributed by atoms with van der Waals surface area (Å²) in [7, 11) is 0. The van der Waals surface area contributed by atoms with E-state index in [1.54, 1.807) is 0 Å². The summed E-state index contributed by atoms with van der Waals surface area (Å²) in [5.41, 5.74) is 0.467. The van der Waals surface area contributed by atoms with E-state index in [0.29, 0.717) is 11.5 Å². The van der Waals surface area contributed by atoms with Crippen LogP contribution in [-0.2, 0) is 6.42 Å². The Morgan fingerprint density at radius 1 is 1.28 bits per heavy atom. The molecule has 4 nitrogen and oxygen atoms in total. The lowest BCUT2D eigenvalue weighted by molar-refractivity contribution is 0.160. The predicted octanol–water partition coefficient (Wildman–Crippen LogP) is 2.81. The minimum Gasteiger partial charge on any atom is -0.340 e. The maximum Gasteiger partial charge on any atom is 0.227 e. The molecule has 0 saturated heterocycles. The topological polar surface area (TPSA) is 51.0 Å². The zero-order chi connectivity index (χ0) is 13.0. The second-order valence-corrected chi connectivity index (χ2v) is 6.45. The summed E-state index contributed by atoms with van der Waals surface area (Å²) < 4.78 is 4.98. The third-order valence-electron chi connectivity index (χ3n) is 4.13. The molecule has 18 heavy (non-hydrogen) atoms. The number of aromatic nitrogens is 2. The van der Waals surface area contributed by atoms with Gasteiger partial charge in [-0.15, -0.1) is 0 Å². The summed E-state index contributed by atoms with van der Waals surface area (Å²) in [6.45, 7) is 8.02. The van der Waals surface area contributed by atoms with Crippen LogP contribution in [0.15, 0.2) is 10.9 Å². The molecule has 0 atom stereocenters. The molecule has 0 aromatic carbocycles. The largest absolute Gasteiger partial charge is 0.340 e. The van der Waals surface area contributed by atoms with Crippen LogP contribution >= 0.6 is 0 Å². The van der Waals surface area contributed by atoms with Gasteiger partial charge >= 0.3 is 0 Å². The first-order chi connectivity index (χ1) is 8.55. The summed E-state index contributed by atoms with van der Waals surface area (Å²) >= 11 is 0. The third kappa shape index (κ3) is 3.80. The number of hydrogen-bond donors (Lipinski definition) is 1. The average Bonchev–Trinajstić information content (AvgIpc) is 2.82. The molecule has 0 spiro atoms. The van der Waals surface area contributed by atoms with E-state index < -0.39 is 0 Å². The molecule has 102 valence electrons. The van der Waals surface area contributed by atoms with Crippen LogP contribution in [0.5, 0.6) is 0 Å². The quantitative estimate of drug-likeness (QED) is 0.894. The van der Waals surface area contributed by atoms with E-state index >= 15 is 0 Å². The fourth-order valence-corrected chi connectivity index (χ4v) is 2.85. The molecular formula is C14H25N3O. The Morgan fingerprint density at radius 3 is 2.56 bits per heavy atom. The monoisotopic (exact) mass is 251 g/mol. The van der Waals surface area contributed by atoms with Crippen molar-refractivity contribution < 1.29 is 4.52 Å². The van der Waals surface area contributed by atoms with Crippen LogP contribution in [0.1, 0.15) is 52.3 Å². The van der Waals surface area contributed by atoms with Crippen molar-refractivity contribution in [3.8, 4) is 0 Å². The second-order valence-electron chi connectivity index (χ2n) is 6.45. The fraction of sp³-hybridized carbons (Fsp3) is 0.857. The second kappa shape index (κ2) is 5.83. The minimum absolute atomic E-state index is 0.467. The van der Waals surface area contributed by atoms with Crippen LogP contribution in [0.25, 0.3) is 0 Å². The molecule has 0 bridgehead atoms. The molecule has 1 fully saturated rings. The van der Waals surface area contributed by atoms with E-state index in [0.717, 1.165) is 24.8 Å². The van der Waals surface area contributed by atoms with E-state index in [4.69, 9.17) is 4.52 Å². The van der Waals surface area contributed by atoms with E-state index in [9.17, 15) is 0 Å². The molecule has 0 radical (unpaired) electrons. The van der Waals surface area contributed by atoms with Crippen LogP contribution in [0.4, 0.5) is 0 Å².